The molecule has 0 unspecified atom stereocenters. The summed E-state index contributed by atoms with van der Waals surface area (Å²) in [5, 5.41) is 16.1. The van der Waals surface area contributed by atoms with Gasteiger partial charge in [0.1, 0.15) is 11.8 Å². The van der Waals surface area contributed by atoms with E-state index in [9.17, 15) is 4.79 Å². The number of pyridine rings is 1. The molecule has 0 radical (unpaired) electrons. The van der Waals surface area contributed by atoms with Crippen molar-refractivity contribution in [2.24, 2.45) is 0 Å². The number of H-pyrrole nitrogens is 1. The summed E-state index contributed by atoms with van der Waals surface area (Å²) in [4.78, 5) is 20.3. The summed E-state index contributed by atoms with van der Waals surface area (Å²) in [6, 6.07) is 11.7. The van der Waals surface area contributed by atoms with Crippen LogP contribution in [0, 0.1) is 0 Å². The minimum absolute atomic E-state index is 0.109. The first-order chi connectivity index (χ1) is 18.2. The fourth-order valence-corrected chi connectivity index (χ4v) is 6.46. The number of thiophene rings is 1. The summed E-state index contributed by atoms with van der Waals surface area (Å²) in [5.74, 6) is 1.46. The van der Waals surface area contributed by atoms with Crippen LogP contribution < -0.4 is 10.3 Å². The van der Waals surface area contributed by atoms with Crippen LogP contribution in [0.3, 0.4) is 0 Å². The Morgan fingerprint density at radius 1 is 1.22 bits per heavy atom. The largest absolute Gasteiger partial charge is 0.497 e. The molecule has 3 aromatic heterocycles. The maximum Gasteiger partial charge on any atom is 0.253 e. The molecule has 1 saturated carbocycles. The first kappa shape index (κ1) is 24.3. The predicted octanol–water partition coefficient (Wildman–Crippen LogP) is 4.47. The van der Waals surface area contributed by atoms with Gasteiger partial charge in [-0.25, -0.2) is 4.68 Å². The van der Waals surface area contributed by atoms with Crippen LogP contribution in [0.4, 0.5) is 0 Å². The van der Waals surface area contributed by atoms with Crippen LogP contribution >= 0.6 is 11.3 Å². The summed E-state index contributed by atoms with van der Waals surface area (Å²) in [6.07, 6.45) is 6.60. The number of rotatable bonds is 9. The molecule has 1 aliphatic heterocycles. The van der Waals surface area contributed by atoms with Crippen molar-refractivity contribution in [3.8, 4) is 5.75 Å². The smallest absolute Gasteiger partial charge is 0.253 e. The Balaban J connectivity index is 1.50. The van der Waals surface area contributed by atoms with Crippen LogP contribution in [-0.4, -0.2) is 56.5 Å². The molecule has 10 heteroatoms. The van der Waals surface area contributed by atoms with Crippen LogP contribution in [0.2, 0.25) is 0 Å². The van der Waals surface area contributed by atoms with Crippen molar-refractivity contribution in [2.45, 2.75) is 63.3 Å². The summed E-state index contributed by atoms with van der Waals surface area (Å²) in [7, 11) is 1.65. The third kappa shape index (κ3) is 5.05. The molecule has 194 valence electrons. The molecule has 6 rings (SSSR count). The molecule has 2 atom stereocenters. The maximum atomic E-state index is 13.7. The molecule has 1 N–H and O–H groups in total. The van der Waals surface area contributed by atoms with Gasteiger partial charge in [-0.3, -0.25) is 9.69 Å². The van der Waals surface area contributed by atoms with Gasteiger partial charge < -0.3 is 14.5 Å². The predicted molar refractivity (Wildman–Crippen MR) is 142 cm³/mol. The van der Waals surface area contributed by atoms with Gasteiger partial charge in [-0.05, 0) is 71.8 Å². The normalized spacial score (nSPS) is 19.2. The van der Waals surface area contributed by atoms with Gasteiger partial charge in [0.2, 0.25) is 0 Å². The maximum absolute atomic E-state index is 13.7. The standard InChI is InChI=1S/C27H32N6O3S/c1-35-20-10-11-24-18(14-20)15-23(27(34)28-24)25(26-29-30-31-33(26)19-6-2-3-7-19)32(16-21-8-4-12-36-21)17-22-9-5-13-37-22/h5,9-11,13-15,19,21,25H,2-4,6-8,12,16-17H2,1H3,(H,28,34)/t21-,25+/m0/s1. The number of nitrogens with zero attached hydrogens (tertiary/aromatic N) is 5. The molecular weight excluding hydrogens is 488 g/mol. The minimum atomic E-state index is -0.429. The second kappa shape index (κ2) is 10.7. The number of tetrazole rings is 1. The molecule has 4 heterocycles. The van der Waals surface area contributed by atoms with Gasteiger partial charge in [-0.2, -0.15) is 0 Å². The van der Waals surface area contributed by atoms with Crippen molar-refractivity contribution in [3.05, 3.63) is 68.4 Å². The van der Waals surface area contributed by atoms with Crippen LogP contribution in [0.15, 0.2) is 46.6 Å². The molecule has 9 nitrogen and oxygen atoms in total. The van der Waals surface area contributed by atoms with E-state index in [1.54, 1.807) is 18.4 Å². The fourth-order valence-electron chi connectivity index (χ4n) is 5.73. The zero-order valence-corrected chi connectivity index (χ0v) is 21.8. The Morgan fingerprint density at radius 2 is 2.11 bits per heavy atom. The lowest BCUT2D eigenvalue weighted by atomic mass is 10.0. The van der Waals surface area contributed by atoms with E-state index in [4.69, 9.17) is 9.47 Å². The Kier molecular flexibility index (Phi) is 7.04. The van der Waals surface area contributed by atoms with Crippen molar-refractivity contribution in [3.63, 3.8) is 0 Å². The molecule has 1 aliphatic carbocycles. The van der Waals surface area contributed by atoms with Crippen LogP contribution in [-0.2, 0) is 11.3 Å². The third-order valence-corrected chi connectivity index (χ3v) is 8.44. The zero-order valence-electron chi connectivity index (χ0n) is 21.0. The van der Waals surface area contributed by atoms with Crippen LogP contribution in [0.5, 0.6) is 5.75 Å². The highest BCUT2D eigenvalue weighted by Crippen LogP contribution is 2.35. The van der Waals surface area contributed by atoms with E-state index < -0.39 is 6.04 Å². The molecule has 1 saturated heterocycles. The molecule has 2 aliphatic rings. The van der Waals surface area contributed by atoms with E-state index in [0.29, 0.717) is 24.5 Å². The Hall–Kier alpha value is -3.08. The first-order valence-electron chi connectivity index (χ1n) is 13.1. The van der Waals surface area contributed by atoms with Gasteiger partial charge in [-0.15, -0.1) is 16.4 Å². The Morgan fingerprint density at radius 3 is 2.86 bits per heavy atom. The number of methoxy groups -OCH3 is 1. The van der Waals surface area contributed by atoms with Gasteiger partial charge in [0, 0.05) is 41.0 Å². The van der Waals surface area contributed by atoms with Gasteiger partial charge in [-0.1, -0.05) is 18.9 Å². The van der Waals surface area contributed by atoms with Crippen LogP contribution in [0.1, 0.15) is 66.9 Å². The summed E-state index contributed by atoms with van der Waals surface area (Å²) >= 11 is 1.72. The highest BCUT2D eigenvalue weighted by molar-refractivity contribution is 7.09. The topological polar surface area (TPSA) is 98.2 Å². The van der Waals surface area contributed by atoms with Gasteiger partial charge in [0.25, 0.3) is 5.56 Å². The fraction of sp³-hybridized carbons (Fsp3) is 0.481. The van der Waals surface area contributed by atoms with Crippen molar-refractivity contribution >= 4 is 22.2 Å². The average molecular weight is 521 g/mol. The minimum Gasteiger partial charge on any atom is -0.497 e. The number of benzene rings is 1. The summed E-state index contributed by atoms with van der Waals surface area (Å²) in [5.41, 5.74) is 1.27. The van der Waals surface area contributed by atoms with E-state index in [2.05, 4.69) is 42.9 Å². The number of ether oxygens (including phenoxy) is 2. The monoisotopic (exact) mass is 520 g/mol. The molecule has 4 aromatic rings. The van der Waals surface area contributed by atoms with E-state index in [1.807, 2.05) is 28.9 Å². The second-order valence-corrected chi connectivity index (χ2v) is 11.0. The number of hydrogen-bond acceptors (Lipinski definition) is 8. The van der Waals surface area contributed by atoms with Crippen molar-refractivity contribution in [1.29, 1.82) is 0 Å². The number of aromatic nitrogens is 5. The summed E-state index contributed by atoms with van der Waals surface area (Å²) < 4.78 is 13.5. The number of fused-ring (bicyclic) bond motifs is 1. The Labute approximate surface area is 219 Å². The highest BCUT2D eigenvalue weighted by atomic mass is 32.1. The van der Waals surface area contributed by atoms with Gasteiger partial charge >= 0.3 is 0 Å². The molecule has 2 fully saturated rings. The lowest BCUT2D eigenvalue weighted by molar-refractivity contribution is 0.0574. The number of aromatic amines is 1. The molecule has 0 spiro atoms. The second-order valence-electron chi connectivity index (χ2n) is 9.97. The zero-order chi connectivity index (χ0) is 25.2. The molecule has 1 aromatic carbocycles. The van der Waals surface area contributed by atoms with E-state index in [0.717, 1.165) is 48.9 Å². The van der Waals surface area contributed by atoms with Crippen LogP contribution in [0.25, 0.3) is 10.9 Å². The molecule has 37 heavy (non-hydrogen) atoms. The van der Waals surface area contributed by atoms with Crippen molar-refractivity contribution in [1.82, 2.24) is 30.1 Å². The summed E-state index contributed by atoms with van der Waals surface area (Å²) in [6.45, 7) is 2.14. The van der Waals surface area contributed by atoms with E-state index in [1.165, 1.54) is 17.7 Å². The van der Waals surface area contributed by atoms with E-state index >= 15 is 0 Å². The van der Waals surface area contributed by atoms with Crippen molar-refractivity contribution in [2.75, 3.05) is 20.3 Å². The first-order valence-corrected chi connectivity index (χ1v) is 13.9. The highest BCUT2D eigenvalue weighted by Gasteiger charge is 2.35. The van der Waals surface area contributed by atoms with Gasteiger partial charge in [0.15, 0.2) is 5.82 Å². The number of nitrogens with one attached hydrogen (secondary N) is 1. The third-order valence-electron chi connectivity index (χ3n) is 7.57. The average Bonchev–Trinajstić information content (AvgIpc) is 3.73. The van der Waals surface area contributed by atoms with Gasteiger partial charge in [0.05, 0.1) is 19.3 Å². The van der Waals surface area contributed by atoms with E-state index in [-0.39, 0.29) is 17.7 Å². The Bertz CT molecular complexity index is 1390. The molecule has 0 amide bonds. The molecule has 0 bridgehead atoms. The van der Waals surface area contributed by atoms with Crippen molar-refractivity contribution < 1.29 is 9.47 Å². The molecular formula is C27H32N6O3S. The number of hydrogen-bond donors (Lipinski definition) is 1. The quantitative estimate of drug-likeness (QED) is 0.348. The lowest BCUT2D eigenvalue weighted by Gasteiger charge is -2.33. The SMILES string of the molecule is COc1ccc2[nH]c(=O)c([C@H](c3nnnn3C3CCCC3)N(Cc3cccs3)C[C@@H]3CCCO3)cc2c1. The lowest BCUT2D eigenvalue weighted by Crippen LogP contribution is -2.39.